The molecule has 0 atom stereocenters. The number of nitrogens with one attached hydrogen (secondary N) is 1. The second-order valence-corrected chi connectivity index (χ2v) is 15.0. The van der Waals surface area contributed by atoms with E-state index in [4.69, 9.17) is 3.15 Å². The van der Waals surface area contributed by atoms with E-state index in [0.29, 0.717) is 0 Å². The van der Waals surface area contributed by atoms with E-state index in [1.54, 1.807) is 0 Å². The van der Waals surface area contributed by atoms with Gasteiger partial charge < -0.3 is 9.88 Å². The van der Waals surface area contributed by atoms with Gasteiger partial charge in [0.25, 0.3) is 0 Å². The Morgan fingerprint density at radius 3 is 2.24 bits per heavy atom. The van der Waals surface area contributed by atoms with Crippen LogP contribution < -0.4 is 4.90 Å². The molecule has 0 aliphatic carbocycles. The van der Waals surface area contributed by atoms with Crippen LogP contribution in [0.3, 0.4) is 0 Å². The van der Waals surface area contributed by atoms with E-state index in [1.807, 2.05) is 12.3 Å². The maximum Gasteiger partial charge on any atom is 0.0820 e. The largest absolute Gasteiger partial charge is 0.361 e. The zero-order chi connectivity index (χ0) is 27.6. The van der Waals surface area contributed by atoms with Gasteiger partial charge in [-0.1, -0.05) is 103 Å². The maximum absolute atomic E-state index is 5.50. The average molecular weight is 652 g/mol. The predicted molar refractivity (Wildman–Crippen MR) is 186 cm³/mol. The molecule has 2 aliphatic rings. The van der Waals surface area contributed by atoms with Crippen molar-refractivity contribution in [3.05, 3.63) is 151 Å². The first-order chi connectivity index (χ1) is 20.8. The Morgan fingerprint density at radius 1 is 0.595 bits per heavy atom. The quantitative estimate of drug-likeness (QED) is 0.115. The lowest BCUT2D eigenvalue weighted by atomic mass is 9.88. The lowest BCUT2D eigenvalue weighted by molar-refractivity contribution is 1.20. The number of benzene rings is 6. The molecule has 0 fully saturated rings. The third-order valence-electron chi connectivity index (χ3n) is 8.47. The second kappa shape index (κ2) is 9.43. The first-order valence-corrected chi connectivity index (χ1v) is 17.8. The van der Waals surface area contributed by atoms with Crippen LogP contribution in [0.1, 0.15) is 11.1 Å². The van der Waals surface area contributed by atoms with Crippen LogP contribution >= 0.6 is 19.2 Å². The minimum absolute atomic E-state index is 0.908. The fourth-order valence-electron chi connectivity index (χ4n) is 6.57. The van der Waals surface area contributed by atoms with Gasteiger partial charge in [-0.3, -0.25) is 0 Å². The molecule has 1 N–H and O–H groups in total. The smallest absolute Gasteiger partial charge is 0.0820 e. The number of alkyl halides is 1. The lowest BCUT2D eigenvalue weighted by Crippen LogP contribution is -2.20. The van der Waals surface area contributed by atoms with Crippen molar-refractivity contribution in [2.45, 2.75) is 0 Å². The highest BCUT2D eigenvalue weighted by molar-refractivity contribution is 14.2. The molecule has 0 radical (unpaired) electrons. The maximum atomic E-state index is 5.50. The van der Waals surface area contributed by atoms with Crippen LogP contribution in [0, 0.1) is 0 Å². The monoisotopic (exact) mass is 651 g/mol. The summed E-state index contributed by atoms with van der Waals surface area (Å²) in [5, 5.41) is 5.21. The molecule has 0 saturated carbocycles. The van der Waals surface area contributed by atoms with Crippen molar-refractivity contribution in [2.75, 3.05) is 9.45 Å². The van der Waals surface area contributed by atoms with E-state index in [1.165, 1.54) is 64.2 Å². The van der Waals surface area contributed by atoms with Crippen LogP contribution in [0.5, 0.6) is 0 Å². The molecule has 6 aromatic carbocycles. The Morgan fingerprint density at radius 2 is 1.36 bits per heavy atom. The Labute approximate surface area is 250 Å². The molecule has 3 heterocycles. The Bertz CT molecular complexity index is 2270. The Kier molecular flexibility index (Phi) is 5.38. The number of H-pyrrole nitrogens is 1. The number of aromatic amines is 1. The number of anilines is 2. The van der Waals surface area contributed by atoms with Gasteiger partial charge in [-0.2, -0.15) is 0 Å². The summed E-state index contributed by atoms with van der Waals surface area (Å²) < 4.78 is 7.86. The van der Waals surface area contributed by atoms with E-state index < -0.39 is 19.2 Å². The molecule has 0 amide bonds. The average Bonchev–Trinajstić information content (AvgIpc) is 3.71. The normalized spacial score (nSPS) is 13.8. The van der Waals surface area contributed by atoms with E-state index in [9.17, 15) is 0 Å². The van der Waals surface area contributed by atoms with Crippen LogP contribution in [0.15, 0.2) is 143 Å². The van der Waals surface area contributed by atoms with Crippen LogP contribution in [0.25, 0.3) is 43.9 Å². The summed E-state index contributed by atoms with van der Waals surface area (Å²) >= 11 is -2.08. The molecule has 200 valence electrons. The number of rotatable bonds is 4. The van der Waals surface area contributed by atoms with E-state index >= 15 is 0 Å². The molecule has 1 aromatic heterocycles. The highest BCUT2D eigenvalue weighted by Crippen LogP contribution is 2.52. The third-order valence-corrected chi connectivity index (χ3v) is 13.4. The fourth-order valence-corrected chi connectivity index (χ4v) is 11.9. The van der Waals surface area contributed by atoms with Crippen molar-refractivity contribution < 1.29 is 0 Å². The number of halogens is 1. The number of aromatic nitrogens is 1. The molecule has 0 unspecified atom stereocenters. The van der Waals surface area contributed by atoms with Gasteiger partial charge >= 0.3 is 0 Å². The molecular formula is C38H26IN3. The van der Waals surface area contributed by atoms with E-state index in [0.717, 1.165) is 15.9 Å². The first kappa shape index (κ1) is 24.0. The molecule has 42 heavy (non-hydrogen) atoms. The topological polar surface area (TPSA) is 31.4 Å². The van der Waals surface area contributed by atoms with Crippen LogP contribution in [-0.4, -0.2) is 13.0 Å². The van der Waals surface area contributed by atoms with Crippen LogP contribution in [0.2, 0.25) is 0 Å². The Hall–Kier alpha value is -4.68. The van der Waals surface area contributed by atoms with Gasteiger partial charge in [0.05, 0.1) is 21.6 Å². The molecule has 2 aliphatic heterocycles. The summed E-state index contributed by atoms with van der Waals surface area (Å²) in [6.07, 6.45) is 1.98. The zero-order valence-corrected chi connectivity index (χ0v) is 24.9. The van der Waals surface area contributed by atoms with Crippen LogP contribution in [0.4, 0.5) is 17.1 Å². The Balaban J connectivity index is 1.26. The molecule has 9 rings (SSSR count). The SMILES string of the molecule is c1c[nH]c(-c2ccc(C3=I(CN4c5ccc6ccccc6c5-c5cccc6cccc4c56)=Nc4ccccc43)cc2)c1. The summed E-state index contributed by atoms with van der Waals surface area (Å²) in [6.45, 7) is 0. The van der Waals surface area contributed by atoms with Gasteiger partial charge in [0.1, 0.15) is 0 Å². The molecule has 7 aromatic rings. The fraction of sp³-hybridized carbons (Fsp3) is 0.0263. The molecule has 4 heteroatoms. The zero-order valence-electron chi connectivity index (χ0n) is 22.8. The summed E-state index contributed by atoms with van der Waals surface area (Å²) in [4.78, 5) is 5.93. The molecule has 0 bridgehead atoms. The van der Waals surface area contributed by atoms with Gasteiger partial charge in [0.2, 0.25) is 0 Å². The van der Waals surface area contributed by atoms with Crippen molar-refractivity contribution >= 4 is 61.3 Å². The second-order valence-electron chi connectivity index (χ2n) is 10.8. The first-order valence-electron chi connectivity index (χ1n) is 14.2. The van der Waals surface area contributed by atoms with E-state index in [-0.39, 0.29) is 0 Å². The number of fused-ring (bicyclic) bond motifs is 5. The summed E-state index contributed by atoms with van der Waals surface area (Å²) in [5.74, 6) is 0. The minimum Gasteiger partial charge on any atom is -0.361 e. The van der Waals surface area contributed by atoms with Crippen molar-refractivity contribution in [3.8, 4) is 22.4 Å². The predicted octanol–water partition coefficient (Wildman–Crippen LogP) is 10.7. The number of nitrogens with zero attached hydrogens (tertiary/aromatic N) is 2. The lowest BCUT2D eigenvalue weighted by Gasteiger charge is -2.33. The number of hydrogen-bond acceptors (Lipinski definition) is 2. The molecule has 3 nitrogen and oxygen atoms in total. The van der Waals surface area contributed by atoms with E-state index in [2.05, 4.69) is 137 Å². The highest BCUT2D eigenvalue weighted by Gasteiger charge is 2.28. The third kappa shape index (κ3) is 3.61. The molecular weight excluding hydrogens is 625 g/mol. The van der Waals surface area contributed by atoms with Crippen molar-refractivity contribution in [2.24, 2.45) is 3.15 Å². The van der Waals surface area contributed by atoms with Crippen molar-refractivity contribution in [1.82, 2.24) is 4.98 Å². The summed E-state index contributed by atoms with van der Waals surface area (Å²) in [5.41, 5.74) is 11.3. The van der Waals surface area contributed by atoms with Crippen LogP contribution in [-0.2, 0) is 0 Å². The van der Waals surface area contributed by atoms with Crippen molar-refractivity contribution in [3.63, 3.8) is 0 Å². The van der Waals surface area contributed by atoms with Gasteiger partial charge in [-0.25, -0.2) is 3.15 Å². The highest BCUT2D eigenvalue weighted by atomic mass is 127. The van der Waals surface area contributed by atoms with Gasteiger partial charge in [0, 0.05) is 31.9 Å². The molecule has 0 spiro atoms. The molecule has 0 saturated heterocycles. The van der Waals surface area contributed by atoms with Gasteiger partial charge in [0.15, 0.2) is 0 Å². The summed E-state index contributed by atoms with van der Waals surface area (Å²) in [6, 6.07) is 48.8. The number of hydrogen-bond donors (Lipinski definition) is 1. The standard InChI is InChI=1S/C38H26IN3/c1-2-11-29-25(8-1)21-22-35-37(29)31-13-5-9-27-10-6-16-34(36(27)31)42(35)24-39-38(30-12-3-4-14-33(30)41-39)28-19-17-26(18-20-28)32-15-7-23-40-32/h1-23,40H,24H2. The van der Waals surface area contributed by atoms with Gasteiger partial charge in [-0.15, -0.1) is 0 Å². The van der Waals surface area contributed by atoms with Crippen molar-refractivity contribution in [1.29, 1.82) is 0 Å². The minimum atomic E-state index is -2.08. The van der Waals surface area contributed by atoms with Gasteiger partial charge in [-0.05, 0) is 82.4 Å². The summed E-state index contributed by atoms with van der Waals surface area (Å²) in [7, 11) is 0.